The van der Waals surface area contributed by atoms with Crippen molar-refractivity contribution in [2.24, 2.45) is 0 Å². The van der Waals surface area contributed by atoms with E-state index in [1.54, 1.807) is 30.5 Å². The van der Waals surface area contributed by atoms with Crippen molar-refractivity contribution in [1.82, 2.24) is 19.9 Å². The minimum Gasteiger partial charge on any atom is -0.456 e. The molecule has 0 atom stereocenters. The number of hydrogen-bond acceptors (Lipinski definition) is 6. The molecule has 1 aliphatic rings. The van der Waals surface area contributed by atoms with E-state index in [0.29, 0.717) is 30.3 Å². The van der Waals surface area contributed by atoms with Crippen LogP contribution in [0.3, 0.4) is 0 Å². The zero-order valence-corrected chi connectivity index (χ0v) is 16.2. The Balaban J connectivity index is 1.50. The van der Waals surface area contributed by atoms with E-state index in [9.17, 15) is 4.79 Å². The molecule has 0 bridgehead atoms. The van der Waals surface area contributed by atoms with Crippen molar-refractivity contribution in [3.05, 3.63) is 67.1 Å². The molecule has 0 N–H and O–H groups in total. The van der Waals surface area contributed by atoms with Gasteiger partial charge in [0.1, 0.15) is 17.8 Å². The van der Waals surface area contributed by atoms with Crippen LogP contribution in [0.5, 0.6) is 11.5 Å². The number of carbonyl (C=O) groups is 1. The van der Waals surface area contributed by atoms with Gasteiger partial charge in [0.15, 0.2) is 0 Å². The number of rotatable bonds is 4. The SMILES string of the molecule is C=C(C)OC(=O)N1CCC(c2ncnc3cc(Oc4cccnc4)ccc23)CC1. The summed E-state index contributed by atoms with van der Waals surface area (Å²) in [5.41, 5.74) is 1.84. The molecule has 29 heavy (non-hydrogen) atoms. The molecule has 7 nitrogen and oxygen atoms in total. The van der Waals surface area contributed by atoms with Crippen LogP contribution in [0.1, 0.15) is 31.4 Å². The molecule has 3 heterocycles. The molecule has 1 aromatic carbocycles. The van der Waals surface area contributed by atoms with E-state index in [1.165, 1.54) is 0 Å². The summed E-state index contributed by atoms with van der Waals surface area (Å²) in [6, 6.07) is 9.51. The number of allylic oxidation sites excluding steroid dienone is 1. The largest absolute Gasteiger partial charge is 0.456 e. The van der Waals surface area contributed by atoms with Crippen LogP contribution in [0.15, 0.2) is 61.4 Å². The van der Waals surface area contributed by atoms with Crippen molar-refractivity contribution in [2.45, 2.75) is 25.7 Å². The Kier molecular flexibility index (Phi) is 5.37. The van der Waals surface area contributed by atoms with Crippen LogP contribution in [0.25, 0.3) is 10.9 Å². The summed E-state index contributed by atoms with van der Waals surface area (Å²) in [7, 11) is 0. The van der Waals surface area contributed by atoms with Gasteiger partial charge in [-0.3, -0.25) is 4.98 Å². The van der Waals surface area contributed by atoms with E-state index in [-0.39, 0.29) is 12.0 Å². The van der Waals surface area contributed by atoms with E-state index in [1.807, 2.05) is 30.3 Å². The smallest absolute Gasteiger partial charge is 0.414 e. The zero-order chi connectivity index (χ0) is 20.2. The normalized spacial score (nSPS) is 14.6. The fraction of sp³-hybridized carbons (Fsp3) is 0.273. The first-order valence-electron chi connectivity index (χ1n) is 9.55. The number of likely N-dealkylation sites (tertiary alicyclic amines) is 1. The van der Waals surface area contributed by atoms with Gasteiger partial charge in [0, 0.05) is 36.7 Å². The van der Waals surface area contributed by atoms with E-state index in [4.69, 9.17) is 9.47 Å². The van der Waals surface area contributed by atoms with Crippen molar-refractivity contribution in [2.75, 3.05) is 13.1 Å². The summed E-state index contributed by atoms with van der Waals surface area (Å²) >= 11 is 0. The van der Waals surface area contributed by atoms with Gasteiger partial charge in [0.25, 0.3) is 0 Å². The van der Waals surface area contributed by atoms with E-state index in [2.05, 4.69) is 21.5 Å². The predicted octanol–water partition coefficient (Wildman–Crippen LogP) is 4.67. The summed E-state index contributed by atoms with van der Waals surface area (Å²) in [6.07, 6.45) is 6.28. The number of carbonyl (C=O) groups excluding carboxylic acids is 1. The average molecular weight is 390 g/mol. The quantitative estimate of drug-likeness (QED) is 0.603. The molecule has 7 heteroatoms. The molecule has 1 saturated heterocycles. The highest BCUT2D eigenvalue weighted by Gasteiger charge is 2.27. The van der Waals surface area contributed by atoms with Crippen LogP contribution >= 0.6 is 0 Å². The van der Waals surface area contributed by atoms with Gasteiger partial charge in [-0.1, -0.05) is 6.58 Å². The Morgan fingerprint density at radius 1 is 1.17 bits per heavy atom. The number of fused-ring (bicyclic) bond motifs is 1. The molecule has 0 spiro atoms. The third-order valence-corrected chi connectivity index (χ3v) is 4.91. The van der Waals surface area contributed by atoms with Crippen LogP contribution in [0.4, 0.5) is 4.79 Å². The molecule has 1 aliphatic heterocycles. The van der Waals surface area contributed by atoms with Gasteiger partial charge in [0.2, 0.25) is 0 Å². The lowest BCUT2D eigenvalue weighted by Crippen LogP contribution is -2.38. The first-order valence-corrected chi connectivity index (χ1v) is 9.55. The Labute approximate surface area is 169 Å². The third-order valence-electron chi connectivity index (χ3n) is 4.91. The van der Waals surface area contributed by atoms with Crippen molar-refractivity contribution < 1.29 is 14.3 Å². The summed E-state index contributed by atoms with van der Waals surface area (Å²) in [5.74, 6) is 2.05. The van der Waals surface area contributed by atoms with Crippen LogP contribution in [0, 0.1) is 0 Å². The lowest BCUT2D eigenvalue weighted by molar-refractivity contribution is 0.117. The minimum absolute atomic E-state index is 0.263. The van der Waals surface area contributed by atoms with Gasteiger partial charge in [-0.25, -0.2) is 14.8 Å². The molecule has 1 fully saturated rings. The van der Waals surface area contributed by atoms with Crippen molar-refractivity contribution in [3.8, 4) is 11.5 Å². The van der Waals surface area contributed by atoms with Crippen LogP contribution < -0.4 is 4.74 Å². The molecule has 0 radical (unpaired) electrons. The highest BCUT2D eigenvalue weighted by molar-refractivity contribution is 5.82. The van der Waals surface area contributed by atoms with Gasteiger partial charge >= 0.3 is 6.09 Å². The Bertz CT molecular complexity index is 1030. The molecule has 0 aliphatic carbocycles. The molecular formula is C22H22N4O3. The molecule has 1 amide bonds. The Hall–Kier alpha value is -3.48. The fourth-order valence-corrected chi connectivity index (χ4v) is 3.54. The first-order chi connectivity index (χ1) is 14.1. The number of amides is 1. The number of pyridine rings is 1. The van der Waals surface area contributed by atoms with E-state index >= 15 is 0 Å². The molecule has 4 rings (SSSR count). The Morgan fingerprint density at radius 2 is 2.00 bits per heavy atom. The lowest BCUT2D eigenvalue weighted by Gasteiger charge is -2.31. The van der Waals surface area contributed by atoms with Crippen molar-refractivity contribution in [1.29, 1.82) is 0 Å². The fourth-order valence-electron chi connectivity index (χ4n) is 3.54. The first kappa shape index (κ1) is 18.9. The molecular weight excluding hydrogens is 368 g/mol. The molecule has 0 unspecified atom stereocenters. The van der Waals surface area contributed by atoms with Crippen molar-refractivity contribution >= 4 is 17.0 Å². The van der Waals surface area contributed by atoms with Gasteiger partial charge in [0.05, 0.1) is 23.2 Å². The lowest BCUT2D eigenvalue weighted by atomic mass is 9.91. The number of benzene rings is 1. The van der Waals surface area contributed by atoms with Crippen LogP contribution in [0.2, 0.25) is 0 Å². The standard InChI is InChI=1S/C22H22N4O3/c1-15(2)28-22(27)26-10-7-16(8-11-26)21-19-6-5-17(12-20(19)24-14-25-21)29-18-4-3-9-23-13-18/h3-6,9,12-14,16H,1,7-8,10-11H2,2H3. The maximum atomic E-state index is 12.1. The number of hydrogen-bond donors (Lipinski definition) is 0. The molecule has 0 saturated carbocycles. The Morgan fingerprint density at radius 3 is 2.72 bits per heavy atom. The second-order valence-corrected chi connectivity index (χ2v) is 7.06. The van der Waals surface area contributed by atoms with Crippen LogP contribution in [-0.2, 0) is 4.74 Å². The maximum absolute atomic E-state index is 12.1. The van der Waals surface area contributed by atoms with Crippen molar-refractivity contribution in [3.63, 3.8) is 0 Å². The van der Waals surface area contributed by atoms with E-state index < -0.39 is 0 Å². The second-order valence-electron chi connectivity index (χ2n) is 7.06. The predicted molar refractivity (Wildman–Crippen MR) is 109 cm³/mol. The average Bonchev–Trinajstić information content (AvgIpc) is 2.73. The summed E-state index contributed by atoms with van der Waals surface area (Å²) in [5, 5.41) is 1.01. The van der Waals surface area contributed by atoms with Gasteiger partial charge in [-0.15, -0.1) is 0 Å². The topological polar surface area (TPSA) is 77.4 Å². The highest BCUT2D eigenvalue weighted by Crippen LogP contribution is 2.33. The van der Waals surface area contributed by atoms with E-state index in [0.717, 1.165) is 29.4 Å². The summed E-state index contributed by atoms with van der Waals surface area (Å²) < 4.78 is 11.0. The monoisotopic (exact) mass is 390 g/mol. The molecule has 3 aromatic rings. The number of piperidine rings is 1. The molecule has 2 aromatic heterocycles. The van der Waals surface area contributed by atoms with Gasteiger partial charge in [-0.2, -0.15) is 0 Å². The molecule has 148 valence electrons. The number of nitrogens with zero attached hydrogens (tertiary/aromatic N) is 4. The number of ether oxygens (including phenoxy) is 2. The zero-order valence-electron chi connectivity index (χ0n) is 16.2. The third kappa shape index (κ3) is 4.34. The second kappa shape index (κ2) is 8.26. The van der Waals surface area contributed by atoms with Gasteiger partial charge < -0.3 is 14.4 Å². The maximum Gasteiger partial charge on any atom is 0.414 e. The number of aromatic nitrogens is 3. The summed E-state index contributed by atoms with van der Waals surface area (Å²) in [6.45, 7) is 6.55. The highest BCUT2D eigenvalue weighted by atomic mass is 16.6. The van der Waals surface area contributed by atoms with Gasteiger partial charge in [-0.05, 0) is 44.0 Å². The summed E-state index contributed by atoms with van der Waals surface area (Å²) in [4.78, 5) is 26.8. The van der Waals surface area contributed by atoms with Crippen LogP contribution in [-0.4, -0.2) is 39.0 Å². The minimum atomic E-state index is -0.333.